The lowest BCUT2D eigenvalue weighted by molar-refractivity contribution is 0.263. The summed E-state index contributed by atoms with van der Waals surface area (Å²) in [5.41, 5.74) is 3.37. The van der Waals surface area contributed by atoms with Gasteiger partial charge in [0.2, 0.25) is 0 Å². The minimum absolute atomic E-state index is 0.142. The molecule has 9 heteroatoms. The molecule has 4 aromatic rings. The third kappa shape index (κ3) is 4.17. The number of aromatic nitrogens is 5. The normalized spacial score (nSPS) is 15.3. The zero-order chi connectivity index (χ0) is 21.2. The molecule has 0 radical (unpaired) electrons. The third-order valence-corrected chi connectivity index (χ3v) is 5.54. The molecule has 0 unspecified atom stereocenters. The molecule has 31 heavy (non-hydrogen) atoms. The first-order valence-corrected chi connectivity index (χ1v) is 10.3. The van der Waals surface area contributed by atoms with Gasteiger partial charge in [-0.2, -0.15) is 0 Å². The Hall–Kier alpha value is -3.59. The molecule has 0 atom stereocenters. The molecular formula is C22H23FN8. The first-order valence-electron chi connectivity index (χ1n) is 10.3. The van der Waals surface area contributed by atoms with Crippen molar-refractivity contribution in [3.8, 4) is 11.3 Å². The lowest BCUT2D eigenvalue weighted by Gasteiger charge is -2.29. The number of hydrogen-bond acceptors (Lipinski definition) is 7. The van der Waals surface area contributed by atoms with E-state index in [0.717, 1.165) is 60.5 Å². The third-order valence-electron chi connectivity index (χ3n) is 5.54. The average Bonchev–Trinajstić information content (AvgIpc) is 3.21. The van der Waals surface area contributed by atoms with Crippen molar-refractivity contribution in [3.05, 3.63) is 60.9 Å². The topological polar surface area (TPSA) is 83.3 Å². The molecule has 1 fully saturated rings. The van der Waals surface area contributed by atoms with Gasteiger partial charge in [0.05, 0.1) is 18.1 Å². The highest BCUT2D eigenvalue weighted by Crippen LogP contribution is 2.25. The molecule has 1 aliphatic heterocycles. The Kier molecular flexibility index (Phi) is 5.17. The fourth-order valence-corrected chi connectivity index (χ4v) is 3.77. The predicted octanol–water partition coefficient (Wildman–Crippen LogP) is 3.58. The summed E-state index contributed by atoms with van der Waals surface area (Å²) in [5.74, 6) is 0.491. The lowest BCUT2D eigenvalue weighted by atomic mass is 10.1. The Morgan fingerprint density at radius 3 is 2.58 bits per heavy atom. The van der Waals surface area contributed by atoms with Crippen molar-refractivity contribution in [1.29, 1.82) is 0 Å². The molecule has 1 aliphatic rings. The van der Waals surface area contributed by atoms with Crippen LogP contribution in [0.3, 0.4) is 0 Å². The van der Waals surface area contributed by atoms with Crippen LogP contribution in [0.2, 0.25) is 0 Å². The van der Waals surface area contributed by atoms with E-state index in [1.165, 1.54) is 6.33 Å². The number of benzene rings is 1. The van der Waals surface area contributed by atoms with Crippen LogP contribution < -0.4 is 10.6 Å². The van der Waals surface area contributed by atoms with E-state index in [9.17, 15) is 4.39 Å². The van der Waals surface area contributed by atoms with E-state index in [-0.39, 0.29) is 5.82 Å². The quantitative estimate of drug-likeness (QED) is 0.513. The van der Waals surface area contributed by atoms with Crippen LogP contribution in [0.25, 0.3) is 16.9 Å². The molecule has 158 valence electrons. The Bertz CT molecular complexity index is 1180. The maximum absolute atomic E-state index is 13.8. The van der Waals surface area contributed by atoms with Gasteiger partial charge in [0.1, 0.15) is 12.1 Å². The number of anilines is 3. The van der Waals surface area contributed by atoms with Crippen molar-refractivity contribution in [2.45, 2.75) is 18.9 Å². The summed E-state index contributed by atoms with van der Waals surface area (Å²) in [6.07, 6.45) is 6.46. The van der Waals surface area contributed by atoms with Crippen LogP contribution in [-0.4, -0.2) is 55.6 Å². The molecule has 0 saturated carbocycles. The fraction of sp³-hybridized carbons (Fsp3) is 0.273. The van der Waals surface area contributed by atoms with E-state index in [4.69, 9.17) is 5.10 Å². The number of nitrogens with one attached hydrogen (secondary N) is 2. The standard InChI is InChI=1S/C22H23FN8/c1-30-10-8-17(9-11-30)27-20-6-7-21-25-13-19(31(21)29-20)15-2-4-16(5-3-15)28-22-18(23)12-24-14-26-22/h2-7,12-14,17H,8-11H2,1H3,(H,27,29)(H,24,26,28). The summed E-state index contributed by atoms with van der Waals surface area (Å²) in [4.78, 5) is 14.4. The molecule has 4 heterocycles. The average molecular weight is 418 g/mol. The van der Waals surface area contributed by atoms with Crippen molar-refractivity contribution < 1.29 is 4.39 Å². The second kappa shape index (κ2) is 8.27. The Balaban J connectivity index is 1.36. The molecule has 0 aliphatic carbocycles. The summed E-state index contributed by atoms with van der Waals surface area (Å²) in [5, 5.41) is 11.3. The highest BCUT2D eigenvalue weighted by molar-refractivity contribution is 5.67. The maximum atomic E-state index is 13.8. The predicted molar refractivity (Wildman–Crippen MR) is 118 cm³/mol. The molecule has 0 amide bonds. The van der Waals surface area contributed by atoms with Gasteiger partial charge >= 0.3 is 0 Å². The van der Waals surface area contributed by atoms with Gasteiger partial charge in [-0.3, -0.25) is 0 Å². The zero-order valence-corrected chi connectivity index (χ0v) is 17.2. The van der Waals surface area contributed by atoms with Crippen molar-refractivity contribution in [2.24, 2.45) is 0 Å². The Morgan fingerprint density at radius 1 is 1.00 bits per heavy atom. The van der Waals surface area contributed by atoms with E-state index in [1.54, 1.807) is 0 Å². The van der Waals surface area contributed by atoms with Crippen LogP contribution >= 0.6 is 0 Å². The fourth-order valence-electron chi connectivity index (χ4n) is 3.77. The Morgan fingerprint density at radius 2 is 1.81 bits per heavy atom. The van der Waals surface area contributed by atoms with Gasteiger partial charge in [-0.15, -0.1) is 5.10 Å². The second-order valence-electron chi connectivity index (χ2n) is 7.78. The summed E-state index contributed by atoms with van der Waals surface area (Å²) in [6.45, 7) is 2.19. The van der Waals surface area contributed by atoms with Crippen LogP contribution in [0.15, 0.2) is 55.1 Å². The monoisotopic (exact) mass is 418 g/mol. The van der Waals surface area contributed by atoms with Crippen molar-refractivity contribution >= 4 is 23.0 Å². The van der Waals surface area contributed by atoms with E-state index in [0.29, 0.717) is 6.04 Å². The van der Waals surface area contributed by atoms with Gasteiger partial charge in [0.15, 0.2) is 17.3 Å². The summed E-state index contributed by atoms with van der Waals surface area (Å²) in [6, 6.07) is 12.0. The summed E-state index contributed by atoms with van der Waals surface area (Å²) < 4.78 is 15.6. The number of hydrogen-bond donors (Lipinski definition) is 2. The molecule has 0 bridgehead atoms. The first-order chi connectivity index (χ1) is 15.2. The number of rotatable bonds is 5. The van der Waals surface area contributed by atoms with E-state index >= 15 is 0 Å². The smallest absolute Gasteiger partial charge is 0.184 e. The molecular weight excluding hydrogens is 395 g/mol. The van der Waals surface area contributed by atoms with Gasteiger partial charge in [-0.25, -0.2) is 23.9 Å². The number of halogens is 1. The van der Waals surface area contributed by atoms with Gasteiger partial charge in [-0.05, 0) is 57.2 Å². The molecule has 0 spiro atoms. The maximum Gasteiger partial charge on any atom is 0.184 e. The summed E-state index contributed by atoms with van der Waals surface area (Å²) in [7, 11) is 2.16. The van der Waals surface area contributed by atoms with E-state index in [2.05, 4.69) is 37.5 Å². The second-order valence-corrected chi connectivity index (χ2v) is 7.78. The largest absolute Gasteiger partial charge is 0.366 e. The minimum atomic E-state index is -0.498. The molecule has 2 N–H and O–H groups in total. The van der Waals surface area contributed by atoms with Crippen molar-refractivity contribution in [2.75, 3.05) is 30.8 Å². The van der Waals surface area contributed by atoms with E-state index in [1.807, 2.05) is 47.1 Å². The number of nitrogens with zero attached hydrogens (tertiary/aromatic N) is 6. The highest BCUT2D eigenvalue weighted by atomic mass is 19.1. The number of fused-ring (bicyclic) bond motifs is 1. The molecule has 3 aromatic heterocycles. The zero-order valence-electron chi connectivity index (χ0n) is 17.2. The first kappa shape index (κ1) is 19.4. The van der Waals surface area contributed by atoms with Gasteiger partial charge in [-0.1, -0.05) is 12.1 Å². The SMILES string of the molecule is CN1CCC(Nc2ccc3ncc(-c4ccc(Nc5ncncc5F)cc4)n3n2)CC1. The number of likely N-dealkylation sites (tertiary alicyclic amines) is 1. The summed E-state index contributed by atoms with van der Waals surface area (Å²) >= 11 is 0. The number of imidazole rings is 1. The molecule has 8 nitrogen and oxygen atoms in total. The van der Waals surface area contributed by atoms with Crippen LogP contribution in [0.1, 0.15) is 12.8 Å². The molecule has 1 aromatic carbocycles. The van der Waals surface area contributed by atoms with E-state index < -0.39 is 5.82 Å². The van der Waals surface area contributed by atoms with Gasteiger partial charge in [0, 0.05) is 17.3 Å². The van der Waals surface area contributed by atoms with Crippen molar-refractivity contribution in [3.63, 3.8) is 0 Å². The van der Waals surface area contributed by atoms with Crippen LogP contribution in [0.4, 0.5) is 21.7 Å². The van der Waals surface area contributed by atoms with Gasteiger partial charge < -0.3 is 15.5 Å². The van der Waals surface area contributed by atoms with Gasteiger partial charge in [0.25, 0.3) is 0 Å². The lowest BCUT2D eigenvalue weighted by Crippen LogP contribution is -2.36. The molecule has 5 rings (SSSR count). The minimum Gasteiger partial charge on any atom is -0.366 e. The Labute approximate surface area is 179 Å². The van der Waals surface area contributed by atoms with Crippen LogP contribution in [0.5, 0.6) is 0 Å². The van der Waals surface area contributed by atoms with Crippen LogP contribution in [-0.2, 0) is 0 Å². The van der Waals surface area contributed by atoms with Crippen LogP contribution in [0, 0.1) is 5.82 Å². The molecule has 1 saturated heterocycles. The highest BCUT2D eigenvalue weighted by Gasteiger charge is 2.17. The van der Waals surface area contributed by atoms with Crippen molar-refractivity contribution in [1.82, 2.24) is 29.5 Å². The number of piperidine rings is 1.